The minimum Gasteiger partial charge on any atom is -0.444 e. The minimum absolute atomic E-state index is 0.289. The molecular formula is C37H42N4O6. The van der Waals surface area contributed by atoms with Crippen molar-refractivity contribution in [3.63, 3.8) is 0 Å². The average Bonchev–Trinajstić information content (AvgIpc) is 3.44. The van der Waals surface area contributed by atoms with Gasteiger partial charge in [0.1, 0.15) is 11.2 Å². The monoisotopic (exact) mass is 638 g/mol. The zero-order chi connectivity index (χ0) is 33.9. The Morgan fingerprint density at radius 1 is 0.638 bits per heavy atom. The molecule has 10 heteroatoms. The van der Waals surface area contributed by atoms with Crippen LogP contribution in [0.2, 0.25) is 0 Å². The predicted octanol–water partition coefficient (Wildman–Crippen LogP) is 7.47. The molecule has 4 amide bonds. The van der Waals surface area contributed by atoms with Crippen molar-refractivity contribution < 1.29 is 28.7 Å². The maximum Gasteiger partial charge on any atom is 0.410 e. The number of nitrogens with one attached hydrogen (secondary N) is 2. The molecule has 0 unspecified atom stereocenters. The summed E-state index contributed by atoms with van der Waals surface area (Å²) in [6, 6.07) is 19.6. The first-order chi connectivity index (χ1) is 22.1. The Hall–Kier alpha value is -5.12. The molecule has 5 rings (SSSR count). The van der Waals surface area contributed by atoms with Gasteiger partial charge in [0.15, 0.2) is 0 Å². The summed E-state index contributed by atoms with van der Waals surface area (Å²) < 4.78 is 11.0. The summed E-state index contributed by atoms with van der Waals surface area (Å²) in [7, 11) is 0. The summed E-state index contributed by atoms with van der Waals surface area (Å²) in [5, 5.41) is 5.81. The van der Waals surface area contributed by atoms with E-state index < -0.39 is 11.2 Å². The van der Waals surface area contributed by atoms with Crippen LogP contribution in [0.4, 0.5) is 21.0 Å². The molecule has 0 radical (unpaired) electrons. The van der Waals surface area contributed by atoms with Gasteiger partial charge in [-0.1, -0.05) is 24.3 Å². The van der Waals surface area contributed by atoms with Crippen molar-refractivity contribution in [2.75, 3.05) is 23.7 Å². The molecule has 0 atom stereocenters. The summed E-state index contributed by atoms with van der Waals surface area (Å²) in [5.74, 6) is -0.594. The minimum atomic E-state index is -0.573. The van der Waals surface area contributed by atoms with Gasteiger partial charge in [0.05, 0.1) is 0 Å². The van der Waals surface area contributed by atoms with Gasteiger partial charge in [-0.05, 0) is 119 Å². The molecule has 0 saturated carbocycles. The highest BCUT2D eigenvalue weighted by molar-refractivity contribution is 6.07. The van der Waals surface area contributed by atoms with E-state index in [-0.39, 0.29) is 24.0 Å². The molecular weight excluding hydrogens is 596 g/mol. The highest BCUT2D eigenvalue weighted by atomic mass is 16.6. The first-order valence-electron chi connectivity index (χ1n) is 15.7. The van der Waals surface area contributed by atoms with Crippen LogP contribution in [-0.4, -0.2) is 58.1 Å². The number of hydrogen-bond acceptors (Lipinski definition) is 6. The van der Waals surface area contributed by atoms with Gasteiger partial charge in [0.2, 0.25) is 0 Å². The smallest absolute Gasteiger partial charge is 0.410 e. The summed E-state index contributed by atoms with van der Waals surface area (Å²) in [6.07, 6.45) is 2.06. The van der Waals surface area contributed by atoms with Crippen molar-refractivity contribution in [1.29, 1.82) is 0 Å². The second-order valence-electron chi connectivity index (χ2n) is 13.8. The number of amides is 4. The van der Waals surface area contributed by atoms with E-state index in [4.69, 9.17) is 9.47 Å². The summed E-state index contributed by atoms with van der Waals surface area (Å²) >= 11 is 0. The first kappa shape index (κ1) is 33.2. The predicted molar refractivity (Wildman–Crippen MR) is 181 cm³/mol. The van der Waals surface area contributed by atoms with E-state index in [9.17, 15) is 19.2 Å². The lowest BCUT2D eigenvalue weighted by Crippen LogP contribution is -2.39. The highest BCUT2D eigenvalue weighted by Crippen LogP contribution is 2.28. The third-order valence-corrected chi connectivity index (χ3v) is 7.62. The number of carbonyl (C=O) groups is 4. The van der Waals surface area contributed by atoms with Gasteiger partial charge in [-0.2, -0.15) is 0 Å². The molecule has 2 aliphatic rings. The second kappa shape index (κ2) is 13.3. The summed E-state index contributed by atoms with van der Waals surface area (Å²) in [4.78, 5) is 54.0. The van der Waals surface area contributed by atoms with Gasteiger partial charge < -0.3 is 25.0 Å². The standard InChI is InChI=1S/C37H42N4O6/c1-36(2,3)46-34(44)40-19-17-25(18-20-40)24-11-14-30(15-12-24)38-32(42)26-7-9-27(10-8-26)33(43)39-31-16-13-28-22-41(23-29(28)21-31)35(45)47-37(4,5)6/h7-17,21H,18-20,22-23H2,1-6H3,(H,38,42)(H,39,43). The van der Waals surface area contributed by atoms with E-state index in [0.29, 0.717) is 55.1 Å². The average molecular weight is 639 g/mol. The van der Waals surface area contributed by atoms with Crippen molar-refractivity contribution in [3.05, 3.63) is 101 Å². The molecule has 2 N–H and O–H groups in total. The molecule has 2 aliphatic heterocycles. The fraction of sp³-hybridized carbons (Fsp3) is 0.351. The molecule has 0 aromatic heterocycles. The zero-order valence-corrected chi connectivity index (χ0v) is 27.8. The lowest BCUT2D eigenvalue weighted by molar-refractivity contribution is 0.0238. The molecule has 0 saturated heterocycles. The maximum atomic E-state index is 13.0. The number of hydrogen-bond donors (Lipinski definition) is 2. The Morgan fingerprint density at radius 2 is 1.15 bits per heavy atom. The Labute approximate surface area is 275 Å². The van der Waals surface area contributed by atoms with Crippen LogP contribution in [0.25, 0.3) is 5.57 Å². The van der Waals surface area contributed by atoms with Gasteiger partial charge >= 0.3 is 12.2 Å². The molecule has 3 aromatic rings. The largest absolute Gasteiger partial charge is 0.444 e. The van der Waals surface area contributed by atoms with Crippen LogP contribution in [0, 0.1) is 0 Å². The van der Waals surface area contributed by atoms with Crippen molar-refractivity contribution in [2.45, 2.75) is 72.3 Å². The number of nitrogens with zero attached hydrogens (tertiary/aromatic N) is 2. The SMILES string of the molecule is CC(C)(C)OC(=O)N1CC=C(c2ccc(NC(=O)c3ccc(C(=O)Nc4ccc5c(c4)CN(C(=O)OC(C)(C)C)C5)cc3)cc2)CC1. The first-order valence-corrected chi connectivity index (χ1v) is 15.7. The molecule has 2 heterocycles. The lowest BCUT2D eigenvalue weighted by Gasteiger charge is -2.29. The van der Waals surface area contributed by atoms with E-state index in [1.807, 2.05) is 90.1 Å². The van der Waals surface area contributed by atoms with Gasteiger partial charge in [0.25, 0.3) is 11.8 Å². The number of anilines is 2. The van der Waals surface area contributed by atoms with Crippen LogP contribution < -0.4 is 10.6 Å². The third kappa shape index (κ3) is 8.78. The quantitative estimate of drug-likeness (QED) is 0.300. The molecule has 0 spiro atoms. The molecule has 3 aromatic carbocycles. The topological polar surface area (TPSA) is 117 Å². The van der Waals surface area contributed by atoms with Gasteiger partial charge in [-0.3, -0.25) is 14.5 Å². The Kier molecular flexibility index (Phi) is 9.42. The van der Waals surface area contributed by atoms with E-state index >= 15 is 0 Å². The fourth-order valence-electron chi connectivity index (χ4n) is 5.30. The second-order valence-corrected chi connectivity index (χ2v) is 13.8. The van der Waals surface area contributed by atoms with Crippen molar-refractivity contribution in [1.82, 2.24) is 9.80 Å². The van der Waals surface area contributed by atoms with Gasteiger partial charge in [0, 0.05) is 48.7 Å². The van der Waals surface area contributed by atoms with Crippen molar-refractivity contribution in [3.8, 4) is 0 Å². The molecule has 0 aliphatic carbocycles. The molecule has 10 nitrogen and oxygen atoms in total. The Morgan fingerprint density at radius 3 is 1.68 bits per heavy atom. The zero-order valence-electron chi connectivity index (χ0n) is 27.8. The number of fused-ring (bicyclic) bond motifs is 1. The number of ether oxygens (including phenoxy) is 2. The van der Waals surface area contributed by atoms with Crippen LogP contribution in [0.15, 0.2) is 72.8 Å². The van der Waals surface area contributed by atoms with E-state index in [1.54, 1.807) is 34.1 Å². The van der Waals surface area contributed by atoms with Crippen LogP contribution in [0.3, 0.4) is 0 Å². The van der Waals surface area contributed by atoms with Gasteiger partial charge in [-0.15, -0.1) is 0 Å². The molecule has 0 fully saturated rings. The van der Waals surface area contributed by atoms with Crippen LogP contribution in [0.1, 0.15) is 85.4 Å². The third-order valence-electron chi connectivity index (χ3n) is 7.62. The summed E-state index contributed by atoms with van der Waals surface area (Å²) in [6.45, 7) is 13.0. The van der Waals surface area contributed by atoms with Gasteiger partial charge in [-0.25, -0.2) is 9.59 Å². The molecule has 47 heavy (non-hydrogen) atoms. The molecule has 0 bridgehead atoms. The maximum absolute atomic E-state index is 13.0. The number of benzene rings is 3. The van der Waals surface area contributed by atoms with Crippen LogP contribution >= 0.6 is 0 Å². The number of rotatable bonds is 5. The van der Waals surface area contributed by atoms with Crippen LogP contribution in [-0.2, 0) is 22.6 Å². The van der Waals surface area contributed by atoms with Crippen molar-refractivity contribution in [2.24, 2.45) is 0 Å². The van der Waals surface area contributed by atoms with E-state index in [0.717, 1.165) is 22.3 Å². The fourth-order valence-corrected chi connectivity index (χ4v) is 5.30. The Balaban J connectivity index is 1.13. The van der Waals surface area contributed by atoms with Crippen LogP contribution in [0.5, 0.6) is 0 Å². The summed E-state index contributed by atoms with van der Waals surface area (Å²) in [5.41, 5.74) is 5.13. The number of carbonyl (C=O) groups excluding carboxylic acids is 4. The molecule has 246 valence electrons. The van der Waals surface area contributed by atoms with E-state index in [1.165, 1.54) is 0 Å². The highest BCUT2D eigenvalue weighted by Gasteiger charge is 2.28. The normalized spacial score (nSPS) is 14.6. The van der Waals surface area contributed by atoms with E-state index in [2.05, 4.69) is 10.6 Å². The van der Waals surface area contributed by atoms with Crippen molar-refractivity contribution >= 4 is 40.9 Å². The Bertz CT molecular complexity index is 1700. The lowest BCUT2D eigenvalue weighted by atomic mass is 9.99.